The number of hydrogen-bond acceptors (Lipinski definition) is 1. The quantitative estimate of drug-likeness (QED) is 0.571. The third kappa shape index (κ3) is 2.15. The lowest BCUT2D eigenvalue weighted by atomic mass is 9.86. The van der Waals surface area contributed by atoms with Gasteiger partial charge in [-0.1, -0.05) is 66.7 Å². The highest BCUT2D eigenvalue weighted by Gasteiger charge is 2.21. The standard InChI is InChI=1S/C21H16O/c22-21-18(13-12-16-7-2-4-11-20(16)21)14-17-9-5-8-15-6-1-3-10-19(15)17/h1-11,14H,12-13H2. The smallest absolute Gasteiger partial charge is 0.189 e. The Labute approximate surface area is 129 Å². The summed E-state index contributed by atoms with van der Waals surface area (Å²) in [4.78, 5) is 12.7. The van der Waals surface area contributed by atoms with Crippen LogP contribution in [-0.2, 0) is 6.42 Å². The van der Waals surface area contributed by atoms with Crippen molar-refractivity contribution in [3.05, 3.63) is 89.0 Å². The first-order valence-corrected chi connectivity index (χ1v) is 7.64. The van der Waals surface area contributed by atoms with Crippen LogP contribution >= 0.6 is 0 Å². The summed E-state index contributed by atoms with van der Waals surface area (Å²) in [5, 5.41) is 2.41. The first-order chi connectivity index (χ1) is 10.8. The Bertz CT molecular complexity index is 897. The zero-order valence-corrected chi connectivity index (χ0v) is 12.3. The molecule has 0 spiro atoms. The minimum atomic E-state index is 0.176. The van der Waals surface area contributed by atoms with Gasteiger partial charge in [0, 0.05) is 11.1 Å². The van der Waals surface area contributed by atoms with Crippen molar-refractivity contribution in [2.24, 2.45) is 0 Å². The lowest BCUT2D eigenvalue weighted by molar-refractivity contribution is 0.102. The third-order valence-electron chi connectivity index (χ3n) is 4.37. The molecule has 0 heterocycles. The molecule has 1 aliphatic carbocycles. The van der Waals surface area contributed by atoms with E-state index >= 15 is 0 Å². The number of carbonyl (C=O) groups is 1. The summed E-state index contributed by atoms with van der Waals surface area (Å²) >= 11 is 0. The maximum absolute atomic E-state index is 12.7. The molecule has 106 valence electrons. The molecule has 0 saturated carbocycles. The summed E-state index contributed by atoms with van der Waals surface area (Å²) < 4.78 is 0. The molecule has 0 unspecified atom stereocenters. The number of aryl methyl sites for hydroxylation is 1. The number of allylic oxidation sites excluding steroid dienone is 1. The second kappa shape index (κ2) is 5.27. The van der Waals surface area contributed by atoms with Gasteiger partial charge in [-0.25, -0.2) is 0 Å². The Balaban J connectivity index is 1.82. The van der Waals surface area contributed by atoms with Crippen molar-refractivity contribution in [2.45, 2.75) is 12.8 Å². The average Bonchev–Trinajstić information content (AvgIpc) is 2.58. The van der Waals surface area contributed by atoms with Gasteiger partial charge in [-0.15, -0.1) is 0 Å². The van der Waals surface area contributed by atoms with Crippen LogP contribution in [0.5, 0.6) is 0 Å². The van der Waals surface area contributed by atoms with Gasteiger partial charge in [0.1, 0.15) is 0 Å². The molecule has 1 aliphatic rings. The molecule has 0 bridgehead atoms. The van der Waals surface area contributed by atoms with Gasteiger partial charge in [0.15, 0.2) is 5.78 Å². The highest BCUT2D eigenvalue weighted by atomic mass is 16.1. The number of carbonyl (C=O) groups excluding carboxylic acids is 1. The van der Waals surface area contributed by atoms with E-state index in [0.717, 1.165) is 29.5 Å². The van der Waals surface area contributed by atoms with E-state index < -0.39 is 0 Å². The minimum Gasteiger partial charge on any atom is -0.289 e. The van der Waals surface area contributed by atoms with Crippen molar-refractivity contribution in [3.63, 3.8) is 0 Å². The summed E-state index contributed by atoms with van der Waals surface area (Å²) in [6.07, 6.45) is 3.83. The Morgan fingerprint density at radius 3 is 2.50 bits per heavy atom. The van der Waals surface area contributed by atoms with Crippen LogP contribution in [0.2, 0.25) is 0 Å². The van der Waals surface area contributed by atoms with Crippen LogP contribution in [0.25, 0.3) is 16.8 Å². The largest absolute Gasteiger partial charge is 0.289 e. The van der Waals surface area contributed by atoms with E-state index in [-0.39, 0.29) is 5.78 Å². The maximum Gasteiger partial charge on any atom is 0.189 e. The molecule has 3 aromatic rings. The SMILES string of the molecule is O=C1C(=Cc2cccc3ccccc23)CCc2ccccc21. The Hall–Kier alpha value is -2.67. The average molecular weight is 284 g/mol. The topological polar surface area (TPSA) is 17.1 Å². The summed E-state index contributed by atoms with van der Waals surface area (Å²) in [6, 6.07) is 22.5. The van der Waals surface area contributed by atoms with Gasteiger partial charge in [0.25, 0.3) is 0 Å². The van der Waals surface area contributed by atoms with E-state index in [9.17, 15) is 4.79 Å². The number of fused-ring (bicyclic) bond motifs is 2. The number of ketones is 1. The molecule has 3 aromatic carbocycles. The van der Waals surface area contributed by atoms with Crippen molar-refractivity contribution in [1.82, 2.24) is 0 Å². The lowest BCUT2D eigenvalue weighted by Gasteiger charge is -2.17. The van der Waals surface area contributed by atoms with Crippen molar-refractivity contribution in [2.75, 3.05) is 0 Å². The van der Waals surface area contributed by atoms with Crippen molar-refractivity contribution < 1.29 is 4.79 Å². The van der Waals surface area contributed by atoms with Gasteiger partial charge >= 0.3 is 0 Å². The number of rotatable bonds is 1. The summed E-state index contributed by atoms with van der Waals surface area (Å²) in [6.45, 7) is 0. The fourth-order valence-corrected chi connectivity index (χ4v) is 3.22. The first-order valence-electron chi connectivity index (χ1n) is 7.64. The van der Waals surface area contributed by atoms with Crippen LogP contribution in [0, 0.1) is 0 Å². The molecule has 1 nitrogen and oxygen atoms in total. The second-order valence-electron chi connectivity index (χ2n) is 5.72. The van der Waals surface area contributed by atoms with Crippen molar-refractivity contribution in [1.29, 1.82) is 0 Å². The van der Waals surface area contributed by atoms with Gasteiger partial charge < -0.3 is 0 Å². The van der Waals surface area contributed by atoms with E-state index in [1.54, 1.807) is 0 Å². The molecule has 0 radical (unpaired) electrons. The molecular formula is C21H16O. The molecule has 0 fully saturated rings. The van der Waals surface area contributed by atoms with E-state index in [1.165, 1.54) is 16.3 Å². The molecule has 1 heteroatoms. The zero-order chi connectivity index (χ0) is 14.9. The molecule has 0 saturated heterocycles. The molecule has 22 heavy (non-hydrogen) atoms. The monoisotopic (exact) mass is 284 g/mol. The van der Waals surface area contributed by atoms with Gasteiger partial charge in [-0.2, -0.15) is 0 Å². The zero-order valence-electron chi connectivity index (χ0n) is 12.3. The number of hydrogen-bond donors (Lipinski definition) is 0. The minimum absolute atomic E-state index is 0.176. The van der Waals surface area contributed by atoms with Gasteiger partial charge in [-0.3, -0.25) is 4.79 Å². The lowest BCUT2D eigenvalue weighted by Crippen LogP contribution is -2.13. The van der Waals surface area contributed by atoms with Crippen molar-refractivity contribution in [3.8, 4) is 0 Å². The maximum atomic E-state index is 12.7. The van der Waals surface area contributed by atoms with Crippen LogP contribution in [0.3, 0.4) is 0 Å². The van der Waals surface area contributed by atoms with Gasteiger partial charge in [0.05, 0.1) is 0 Å². The number of benzene rings is 3. The van der Waals surface area contributed by atoms with E-state index in [0.29, 0.717) is 0 Å². The fraction of sp³-hybridized carbons (Fsp3) is 0.0952. The number of Topliss-reactive ketones (excluding diaryl/α,β-unsaturated/α-hetero) is 1. The molecular weight excluding hydrogens is 268 g/mol. The fourth-order valence-electron chi connectivity index (χ4n) is 3.22. The van der Waals surface area contributed by atoms with Gasteiger partial charge in [0.2, 0.25) is 0 Å². The highest BCUT2D eigenvalue weighted by Crippen LogP contribution is 2.28. The second-order valence-corrected chi connectivity index (χ2v) is 5.72. The molecule has 0 N–H and O–H groups in total. The summed E-state index contributed by atoms with van der Waals surface area (Å²) in [5.41, 5.74) is 4.07. The molecule has 0 atom stereocenters. The van der Waals surface area contributed by atoms with Crippen LogP contribution < -0.4 is 0 Å². The Morgan fingerprint density at radius 1 is 0.773 bits per heavy atom. The predicted octanol–water partition coefficient (Wildman–Crippen LogP) is 5.05. The van der Waals surface area contributed by atoms with Gasteiger partial charge in [-0.05, 0) is 40.8 Å². The summed E-state index contributed by atoms with van der Waals surface area (Å²) in [5.74, 6) is 0.176. The van der Waals surface area contributed by atoms with E-state index in [1.807, 2.05) is 30.3 Å². The first kappa shape index (κ1) is 13.0. The van der Waals surface area contributed by atoms with Crippen LogP contribution in [0.4, 0.5) is 0 Å². The summed E-state index contributed by atoms with van der Waals surface area (Å²) in [7, 11) is 0. The normalized spacial score (nSPS) is 16.0. The van der Waals surface area contributed by atoms with Crippen LogP contribution in [0.1, 0.15) is 27.9 Å². The highest BCUT2D eigenvalue weighted by molar-refractivity contribution is 6.13. The van der Waals surface area contributed by atoms with Crippen molar-refractivity contribution >= 4 is 22.6 Å². The predicted molar refractivity (Wildman–Crippen MR) is 91.0 cm³/mol. The molecule has 0 amide bonds. The third-order valence-corrected chi connectivity index (χ3v) is 4.37. The van der Waals surface area contributed by atoms with E-state index in [4.69, 9.17) is 0 Å². The Morgan fingerprint density at radius 2 is 1.55 bits per heavy atom. The molecule has 0 aromatic heterocycles. The molecule has 4 rings (SSSR count). The molecule has 0 aliphatic heterocycles. The van der Waals surface area contributed by atoms with E-state index in [2.05, 4.69) is 42.5 Å². The van der Waals surface area contributed by atoms with Crippen LogP contribution in [0.15, 0.2) is 72.3 Å². The Kier molecular flexibility index (Phi) is 3.12. The van der Waals surface area contributed by atoms with Crippen LogP contribution in [-0.4, -0.2) is 5.78 Å².